The highest BCUT2D eigenvalue weighted by atomic mass is 16.2. The van der Waals surface area contributed by atoms with Crippen LogP contribution < -0.4 is 5.32 Å². The van der Waals surface area contributed by atoms with Crippen LogP contribution in [0.15, 0.2) is 42.6 Å². The highest BCUT2D eigenvalue weighted by Crippen LogP contribution is 2.33. The predicted octanol–water partition coefficient (Wildman–Crippen LogP) is 0.990. The van der Waals surface area contributed by atoms with Crippen molar-refractivity contribution >= 4 is 11.8 Å². The molecule has 5 heteroatoms. The van der Waals surface area contributed by atoms with Gasteiger partial charge in [0.1, 0.15) is 0 Å². The van der Waals surface area contributed by atoms with Crippen molar-refractivity contribution in [2.75, 3.05) is 6.54 Å². The van der Waals surface area contributed by atoms with Crippen molar-refractivity contribution in [3.63, 3.8) is 0 Å². The number of piperazine rings is 1. The number of aromatic nitrogens is 1. The molecule has 0 radical (unpaired) electrons. The molecule has 2 aromatic rings. The molecule has 0 saturated carbocycles. The van der Waals surface area contributed by atoms with Crippen molar-refractivity contribution < 1.29 is 9.59 Å². The summed E-state index contributed by atoms with van der Waals surface area (Å²) in [6.07, 6.45) is 1.93. The average Bonchev–Trinajstić information content (AvgIpc) is 2.87. The Hall–Kier alpha value is -2.56. The van der Waals surface area contributed by atoms with Gasteiger partial charge >= 0.3 is 0 Å². The fraction of sp³-hybridized carbons (Fsp3) is 0.200. The van der Waals surface area contributed by atoms with Gasteiger partial charge in [0.25, 0.3) is 0 Å². The second-order valence-electron chi connectivity index (χ2n) is 5.07. The Morgan fingerprint density at radius 3 is 2.85 bits per heavy atom. The molecular formula is C15H13N3O2. The molecule has 20 heavy (non-hydrogen) atoms. The van der Waals surface area contributed by atoms with E-state index in [1.165, 1.54) is 0 Å². The molecule has 1 N–H and O–H groups in total. The Morgan fingerprint density at radius 1 is 1.10 bits per heavy atom. The number of carbonyl (C=O) groups is 2. The molecule has 1 fully saturated rings. The molecule has 1 aromatic carbocycles. The van der Waals surface area contributed by atoms with Crippen LogP contribution in [0.1, 0.15) is 17.3 Å². The Morgan fingerprint density at radius 2 is 1.95 bits per heavy atom. The molecule has 1 aromatic heterocycles. The second kappa shape index (κ2) is 3.96. The molecule has 0 spiro atoms. The summed E-state index contributed by atoms with van der Waals surface area (Å²) in [5.41, 5.74) is 2.92. The van der Waals surface area contributed by atoms with Crippen LogP contribution in [0.5, 0.6) is 0 Å². The first-order valence-corrected chi connectivity index (χ1v) is 6.58. The minimum atomic E-state index is -0.543. The fourth-order valence-electron chi connectivity index (χ4n) is 3.02. The Balaban J connectivity index is 1.98. The molecule has 1 atom stereocenters. The number of fused-ring (bicyclic) bond motifs is 5. The quantitative estimate of drug-likeness (QED) is 0.774. The van der Waals surface area contributed by atoms with Crippen molar-refractivity contribution in [3.8, 4) is 5.69 Å². The molecule has 4 rings (SSSR count). The fourth-order valence-corrected chi connectivity index (χ4v) is 3.02. The lowest BCUT2D eigenvalue weighted by molar-refractivity contribution is -0.146. The smallest absolute Gasteiger partial charge is 0.249 e. The van der Waals surface area contributed by atoms with E-state index in [1.54, 1.807) is 4.90 Å². The zero-order valence-corrected chi connectivity index (χ0v) is 10.7. The normalized spacial score (nSPS) is 20.6. The molecule has 5 nitrogen and oxygen atoms in total. The Kier molecular flexibility index (Phi) is 2.24. The number of carbonyl (C=O) groups excluding carboxylic acids is 2. The van der Waals surface area contributed by atoms with Crippen molar-refractivity contribution in [3.05, 3.63) is 53.9 Å². The summed E-state index contributed by atoms with van der Waals surface area (Å²) < 4.78 is 2.00. The zero-order chi connectivity index (χ0) is 13.7. The van der Waals surface area contributed by atoms with Crippen LogP contribution in [0.25, 0.3) is 5.69 Å². The van der Waals surface area contributed by atoms with Gasteiger partial charge in [-0.05, 0) is 23.8 Å². The first-order chi connectivity index (χ1) is 9.75. The van der Waals surface area contributed by atoms with Gasteiger partial charge in [0.05, 0.1) is 17.9 Å². The molecule has 2 aliphatic heterocycles. The highest BCUT2D eigenvalue weighted by molar-refractivity contribution is 5.95. The van der Waals surface area contributed by atoms with Crippen molar-refractivity contribution in [1.29, 1.82) is 0 Å². The van der Waals surface area contributed by atoms with Crippen molar-refractivity contribution in [1.82, 2.24) is 14.8 Å². The highest BCUT2D eigenvalue weighted by Gasteiger charge is 2.39. The van der Waals surface area contributed by atoms with E-state index in [2.05, 4.69) is 5.32 Å². The topological polar surface area (TPSA) is 54.3 Å². The minimum Gasteiger partial charge on any atom is -0.345 e. The Bertz CT molecular complexity index is 719. The monoisotopic (exact) mass is 267 g/mol. The van der Waals surface area contributed by atoms with E-state index < -0.39 is 6.04 Å². The maximum Gasteiger partial charge on any atom is 0.249 e. The van der Waals surface area contributed by atoms with E-state index >= 15 is 0 Å². The molecule has 0 aliphatic carbocycles. The average molecular weight is 267 g/mol. The summed E-state index contributed by atoms with van der Waals surface area (Å²) >= 11 is 0. The maximum atomic E-state index is 12.2. The van der Waals surface area contributed by atoms with Crippen LogP contribution >= 0.6 is 0 Å². The SMILES string of the molecule is O=C1NCC(=O)N2Cc3ccccc3-n3cccc3C12. The number of rotatable bonds is 0. The van der Waals surface area contributed by atoms with E-state index in [0.717, 1.165) is 16.9 Å². The summed E-state index contributed by atoms with van der Waals surface area (Å²) in [6, 6.07) is 11.2. The van der Waals surface area contributed by atoms with Crippen LogP contribution in [0.4, 0.5) is 0 Å². The van der Waals surface area contributed by atoms with E-state index in [-0.39, 0.29) is 18.4 Å². The minimum absolute atomic E-state index is 0.0425. The van der Waals surface area contributed by atoms with Crippen LogP contribution in [0.2, 0.25) is 0 Å². The molecule has 1 unspecified atom stereocenters. The van der Waals surface area contributed by atoms with Gasteiger partial charge in [0.2, 0.25) is 11.8 Å². The summed E-state index contributed by atoms with van der Waals surface area (Å²) in [4.78, 5) is 26.1. The lowest BCUT2D eigenvalue weighted by Gasteiger charge is -2.33. The van der Waals surface area contributed by atoms with E-state index in [0.29, 0.717) is 6.54 Å². The molecule has 2 amide bonds. The number of benzene rings is 1. The standard InChI is InChI=1S/C15H13N3O2/c19-13-8-16-15(20)14-12-6-3-7-17(12)11-5-2-1-4-10(11)9-18(13)14/h1-7,14H,8-9H2,(H,16,20). The van der Waals surface area contributed by atoms with Gasteiger partial charge in [-0.25, -0.2) is 0 Å². The lowest BCUT2D eigenvalue weighted by atomic mass is 10.1. The van der Waals surface area contributed by atoms with E-state index in [9.17, 15) is 9.59 Å². The van der Waals surface area contributed by atoms with Crippen molar-refractivity contribution in [2.24, 2.45) is 0 Å². The molecule has 100 valence electrons. The van der Waals surface area contributed by atoms with Gasteiger partial charge in [0.15, 0.2) is 6.04 Å². The summed E-state index contributed by atoms with van der Waals surface area (Å²) in [5.74, 6) is -0.156. The number of nitrogens with zero attached hydrogens (tertiary/aromatic N) is 2. The van der Waals surface area contributed by atoms with Gasteiger partial charge in [-0.2, -0.15) is 0 Å². The number of amides is 2. The second-order valence-corrected chi connectivity index (χ2v) is 5.07. The molecule has 0 bridgehead atoms. The zero-order valence-electron chi connectivity index (χ0n) is 10.7. The third-order valence-electron chi connectivity index (χ3n) is 3.95. The lowest BCUT2D eigenvalue weighted by Crippen LogP contribution is -2.52. The summed E-state index contributed by atoms with van der Waals surface area (Å²) in [6.45, 7) is 0.549. The van der Waals surface area contributed by atoms with Gasteiger partial charge < -0.3 is 14.8 Å². The Labute approximate surface area is 115 Å². The van der Waals surface area contributed by atoms with Crippen LogP contribution in [-0.2, 0) is 16.1 Å². The van der Waals surface area contributed by atoms with Gasteiger partial charge in [-0.3, -0.25) is 9.59 Å². The molecule has 2 aliphatic rings. The van der Waals surface area contributed by atoms with Gasteiger partial charge in [-0.15, -0.1) is 0 Å². The molecular weight excluding hydrogens is 254 g/mol. The van der Waals surface area contributed by atoms with E-state index in [4.69, 9.17) is 0 Å². The first-order valence-electron chi connectivity index (χ1n) is 6.58. The van der Waals surface area contributed by atoms with Crippen LogP contribution in [0.3, 0.4) is 0 Å². The maximum absolute atomic E-state index is 12.2. The van der Waals surface area contributed by atoms with Gasteiger partial charge in [-0.1, -0.05) is 18.2 Å². The largest absolute Gasteiger partial charge is 0.345 e. The number of hydrogen-bond donors (Lipinski definition) is 1. The predicted molar refractivity (Wildman–Crippen MR) is 72.1 cm³/mol. The third kappa shape index (κ3) is 1.43. The van der Waals surface area contributed by atoms with Crippen molar-refractivity contribution in [2.45, 2.75) is 12.6 Å². The first kappa shape index (κ1) is 11.3. The molecule has 1 saturated heterocycles. The number of para-hydroxylation sites is 1. The molecule has 3 heterocycles. The van der Waals surface area contributed by atoms with Crippen LogP contribution in [-0.4, -0.2) is 27.8 Å². The number of nitrogens with one attached hydrogen (secondary N) is 1. The third-order valence-corrected chi connectivity index (χ3v) is 3.95. The van der Waals surface area contributed by atoms with Gasteiger partial charge in [0, 0.05) is 12.7 Å². The summed E-state index contributed by atoms with van der Waals surface area (Å²) in [7, 11) is 0. The van der Waals surface area contributed by atoms with Crippen LogP contribution in [0, 0.1) is 0 Å². The number of hydrogen-bond acceptors (Lipinski definition) is 2. The summed E-state index contributed by atoms with van der Waals surface area (Å²) in [5, 5.41) is 2.67. The van der Waals surface area contributed by atoms with E-state index in [1.807, 2.05) is 47.2 Å².